The number of ether oxygens (including phenoxy) is 2. The minimum Gasteiger partial charge on any atom is -0.456 e. The Bertz CT molecular complexity index is 2050. The quantitative estimate of drug-likeness (QED) is 0.0143. The lowest BCUT2D eigenvalue weighted by Gasteiger charge is -2.27. The number of hydrogen-bond acceptors (Lipinski definition) is 13. The molecule has 0 saturated carbocycles. The molecule has 0 radical (unpaired) electrons. The Kier molecular flexibility index (Phi) is 74.9. The average Bonchev–Trinajstić information content (AvgIpc) is 0.881. The molecule has 4 unspecified atom stereocenters. The summed E-state index contributed by atoms with van der Waals surface area (Å²) in [6, 6.07) is -2.77. The lowest BCUT2D eigenvalue weighted by molar-refractivity contribution is -0.150. The molecule has 0 saturated heterocycles. The molecule has 0 bridgehead atoms. The number of esters is 2. The summed E-state index contributed by atoms with van der Waals surface area (Å²) in [5.41, 5.74) is 0. The molecule has 19 nitrogen and oxygen atoms in total. The molecule has 0 rings (SSSR count). The van der Waals surface area contributed by atoms with Crippen LogP contribution in [0.25, 0.3) is 0 Å². The molecule has 0 spiro atoms. The largest absolute Gasteiger partial charge is 0.472 e. The zero-order valence-corrected chi connectivity index (χ0v) is 70.7. The number of phosphoric ester groups is 2. The van der Waals surface area contributed by atoms with Crippen molar-refractivity contribution >= 4 is 45.4 Å². The van der Waals surface area contributed by atoms with E-state index >= 15 is 0 Å². The van der Waals surface area contributed by atoms with Crippen molar-refractivity contribution in [2.75, 3.05) is 39.5 Å². The molecular weight excluding hydrogens is 1380 g/mol. The molecule has 0 fully saturated rings. The lowest BCUT2D eigenvalue weighted by Crippen LogP contribution is -2.47. The Balaban J connectivity index is 6.07. The van der Waals surface area contributed by atoms with Crippen molar-refractivity contribution < 1.29 is 70.5 Å². The molecule has 21 heteroatoms. The molecule has 0 aliphatic heterocycles. The standard InChI is InChI=1S/C85H164N4O15P2/c1-7-13-19-25-31-37-39-45-49-55-61-67-81(90)88-77(79(65-59-53-47-41-33-27-21-15-9-3)103-83(92)69-63-57-51-43-35-29-23-17-11-5)75-101-105(95,96)99-73-71-86-85(94)87-72-74-100-106(97,98)102-76-78(89-82(91)68-62-56-50-46-40-38-32-26-20-14-8-2)80(66-60-54-48-42-34-28-22-16-10-4)104-84(93)70-64-58-52-44-36-30-24-18-12-6/h59-60,65-66,77-80H,7-58,61-64,67-76H2,1-6H3,(H,88,90)(H,89,91)(H,95,96)(H,97,98)(H2,86,87,94)/t77-,78-,79?,80?/m0/s1. The molecule has 624 valence electrons. The van der Waals surface area contributed by atoms with Gasteiger partial charge < -0.3 is 40.5 Å². The van der Waals surface area contributed by atoms with Crippen molar-refractivity contribution in [1.29, 1.82) is 0 Å². The van der Waals surface area contributed by atoms with Gasteiger partial charge in [0.25, 0.3) is 0 Å². The van der Waals surface area contributed by atoms with Gasteiger partial charge in [0, 0.05) is 38.8 Å². The van der Waals surface area contributed by atoms with Crippen LogP contribution >= 0.6 is 15.6 Å². The fourth-order valence-electron chi connectivity index (χ4n) is 13.0. The third-order valence-electron chi connectivity index (χ3n) is 19.7. The van der Waals surface area contributed by atoms with E-state index in [1.165, 1.54) is 205 Å². The van der Waals surface area contributed by atoms with Gasteiger partial charge in [-0.1, -0.05) is 362 Å². The number of carbonyl (C=O) groups excluding carboxylic acids is 5. The number of unbranched alkanes of at least 4 members (excludes halogenated alkanes) is 50. The number of allylic oxidation sites excluding steroid dienone is 2. The fraction of sp³-hybridized carbons (Fsp3) is 0.894. The minimum atomic E-state index is -4.82. The van der Waals surface area contributed by atoms with Gasteiger partial charge in [-0.15, -0.1) is 0 Å². The molecule has 0 aromatic carbocycles. The molecule has 106 heavy (non-hydrogen) atoms. The van der Waals surface area contributed by atoms with Gasteiger partial charge in [0.15, 0.2) is 0 Å². The SMILES string of the molecule is CCCCCCCCCC=CC(OC(=O)CCCCCCCCCCC)[C@H](COP(=O)(O)OCCNC(=O)NCCOP(=O)(O)OC[C@H](NC(=O)CCCCCCCCCCCCC)C(C=CCCCCCCCCC)OC(=O)CCCCCCCCCCC)NC(=O)CCCCCCCCCCCCC. The number of urea groups is 1. The van der Waals surface area contributed by atoms with E-state index in [2.05, 4.69) is 62.8 Å². The first-order valence-corrected chi connectivity index (χ1v) is 47.1. The topological polar surface area (TPSA) is 263 Å². The highest BCUT2D eigenvalue weighted by Crippen LogP contribution is 2.44. The van der Waals surface area contributed by atoms with Crippen LogP contribution in [0.1, 0.15) is 427 Å². The van der Waals surface area contributed by atoms with E-state index in [1.807, 2.05) is 12.2 Å². The van der Waals surface area contributed by atoms with Crippen molar-refractivity contribution in [1.82, 2.24) is 21.3 Å². The van der Waals surface area contributed by atoms with Gasteiger partial charge in [0.05, 0.1) is 38.5 Å². The number of phosphoric acid groups is 2. The summed E-state index contributed by atoms with van der Waals surface area (Å²) in [5.74, 6) is -1.42. The van der Waals surface area contributed by atoms with Crippen LogP contribution in [0.2, 0.25) is 0 Å². The van der Waals surface area contributed by atoms with Crippen molar-refractivity contribution in [2.45, 2.75) is 451 Å². The first-order chi connectivity index (χ1) is 51.6. The minimum absolute atomic E-state index is 0.199. The number of hydrogen-bond donors (Lipinski definition) is 6. The van der Waals surface area contributed by atoms with Crippen molar-refractivity contribution in [2.24, 2.45) is 0 Å². The predicted octanol–water partition coefficient (Wildman–Crippen LogP) is 24.0. The van der Waals surface area contributed by atoms with Crippen LogP contribution in [0.5, 0.6) is 0 Å². The Morgan fingerprint density at radius 2 is 0.538 bits per heavy atom. The Morgan fingerprint density at radius 3 is 0.792 bits per heavy atom. The fourth-order valence-corrected chi connectivity index (χ4v) is 14.5. The predicted molar refractivity (Wildman–Crippen MR) is 438 cm³/mol. The number of nitrogens with one attached hydrogen (secondary N) is 4. The van der Waals surface area contributed by atoms with Gasteiger partial charge in [-0.05, 0) is 63.5 Å². The highest BCUT2D eigenvalue weighted by atomic mass is 31.2. The monoisotopic (exact) mass is 1540 g/mol. The molecule has 0 aliphatic rings. The lowest BCUT2D eigenvalue weighted by atomic mass is 10.0. The second-order valence-electron chi connectivity index (χ2n) is 30.0. The summed E-state index contributed by atoms with van der Waals surface area (Å²) in [6.45, 7) is 10.8. The zero-order valence-electron chi connectivity index (χ0n) is 68.9. The summed E-state index contributed by atoms with van der Waals surface area (Å²) in [4.78, 5) is 89.3. The van der Waals surface area contributed by atoms with Crippen molar-refractivity contribution in [3.05, 3.63) is 24.3 Å². The maximum Gasteiger partial charge on any atom is 0.472 e. The highest BCUT2D eigenvalue weighted by molar-refractivity contribution is 7.47. The van der Waals surface area contributed by atoms with E-state index in [0.29, 0.717) is 25.7 Å². The van der Waals surface area contributed by atoms with Gasteiger partial charge in [-0.2, -0.15) is 0 Å². The van der Waals surface area contributed by atoms with Gasteiger partial charge in [-0.25, -0.2) is 13.9 Å². The van der Waals surface area contributed by atoms with E-state index in [0.717, 1.165) is 128 Å². The van der Waals surface area contributed by atoms with Gasteiger partial charge in [0.1, 0.15) is 12.2 Å². The maximum atomic E-state index is 13.7. The smallest absolute Gasteiger partial charge is 0.456 e. The van der Waals surface area contributed by atoms with E-state index < -0.39 is 84.3 Å². The molecule has 6 atom stereocenters. The third kappa shape index (κ3) is 71.2. The number of amides is 4. The Morgan fingerprint density at radius 1 is 0.311 bits per heavy atom. The van der Waals surface area contributed by atoms with Gasteiger partial charge in [-0.3, -0.25) is 37.3 Å². The molecule has 0 heterocycles. The molecule has 4 amide bonds. The van der Waals surface area contributed by atoms with Crippen LogP contribution < -0.4 is 21.3 Å². The molecule has 0 aliphatic carbocycles. The Hall–Kier alpha value is -3.15. The summed E-state index contributed by atoms with van der Waals surface area (Å²) in [5, 5.41) is 11.0. The van der Waals surface area contributed by atoms with Gasteiger partial charge >= 0.3 is 33.6 Å². The van der Waals surface area contributed by atoms with Crippen LogP contribution in [0, 0.1) is 0 Å². The summed E-state index contributed by atoms with van der Waals surface area (Å²) < 4.78 is 60.8. The Labute approximate surface area is 648 Å². The van der Waals surface area contributed by atoms with Crippen LogP contribution in [-0.4, -0.2) is 103 Å². The van der Waals surface area contributed by atoms with Crippen LogP contribution in [0.3, 0.4) is 0 Å². The summed E-state index contributed by atoms with van der Waals surface area (Å²) >= 11 is 0. The zero-order chi connectivity index (χ0) is 77.8. The third-order valence-corrected chi connectivity index (χ3v) is 21.7. The van der Waals surface area contributed by atoms with Crippen LogP contribution in [0.15, 0.2) is 24.3 Å². The van der Waals surface area contributed by atoms with Crippen molar-refractivity contribution in [3.63, 3.8) is 0 Å². The van der Waals surface area contributed by atoms with Crippen LogP contribution in [-0.2, 0) is 55.9 Å². The van der Waals surface area contributed by atoms with E-state index in [4.69, 9.17) is 27.6 Å². The van der Waals surface area contributed by atoms with Crippen molar-refractivity contribution in [3.8, 4) is 0 Å². The second kappa shape index (κ2) is 77.2. The average molecular weight is 1540 g/mol. The summed E-state index contributed by atoms with van der Waals surface area (Å²) in [6.07, 6.45) is 68.2. The number of carbonyl (C=O) groups is 5. The first kappa shape index (κ1) is 103. The number of rotatable bonds is 82. The van der Waals surface area contributed by atoms with Crippen LogP contribution in [0.4, 0.5) is 4.79 Å². The summed E-state index contributed by atoms with van der Waals surface area (Å²) in [7, 11) is -9.63. The molecular formula is C85H164N4O15P2. The van der Waals surface area contributed by atoms with Gasteiger partial charge in [0.2, 0.25) is 11.8 Å². The van der Waals surface area contributed by atoms with E-state index in [1.54, 1.807) is 12.2 Å². The maximum absolute atomic E-state index is 13.7. The normalized spacial score (nSPS) is 14.0. The molecule has 0 aromatic rings. The second-order valence-corrected chi connectivity index (χ2v) is 32.9. The highest BCUT2D eigenvalue weighted by Gasteiger charge is 2.32. The van der Waals surface area contributed by atoms with E-state index in [9.17, 15) is 42.9 Å². The van der Waals surface area contributed by atoms with E-state index in [-0.39, 0.29) is 50.6 Å². The molecule has 6 N–H and O–H groups in total. The first-order valence-electron chi connectivity index (χ1n) is 44.1. The molecule has 0 aromatic heterocycles.